The zero-order valence-electron chi connectivity index (χ0n) is 12.9. The Morgan fingerprint density at radius 2 is 1.95 bits per heavy atom. The van der Waals surface area contributed by atoms with Crippen LogP contribution in [-0.4, -0.2) is 18.0 Å². The molecule has 4 rings (SSSR count). The molecule has 0 saturated heterocycles. The fraction of sp³-hybridized carbons (Fsp3) is 0.300. The lowest BCUT2D eigenvalue weighted by molar-refractivity contribution is 0.292. The third-order valence-electron chi connectivity index (χ3n) is 4.94. The van der Waals surface area contributed by atoms with E-state index in [-0.39, 0.29) is 0 Å². The molecule has 2 aromatic rings. The van der Waals surface area contributed by atoms with Crippen LogP contribution in [0.15, 0.2) is 52.5 Å². The summed E-state index contributed by atoms with van der Waals surface area (Å²) in [5.41, 5.74) is 9.13. The first kappa shape index (κ1) is 14.2. The molecule has 0 amide bonds. The molecule has 0 spiro atoms. The summed E-state index contributed by atoms with van der Waals surface area (Å²) in [5, 5.41) is 0. The van der Waals surface area contributed by atoms with Crippen LogP contribution in [0, 0.1) is 6.92 Å². The number of hydrogen-bond acceptors (Lipinski definition) is 1. The van der Waals surface area contributed by atoms with Gasteiger partial charge >= 0.3 is 0 Å². The zero-order valence-corrected chi connectivity index (χ0v) is 14.5. The highest BCUT2D eigenvalue weighted by atomic mass is 79.9. The molecule has 2 aliphatic rings. The molecular formula is C20H20BrN. The van der Waals surface area contributed by atoms with Crippen molar-refractivity contribution in [3.8, 4) is 0 Å². The normalized spacial score (nSPS) is 17.5. The van der Waals surface area contributed by atoms with Crippen LogP contribution in [0.3, 0.4) is 0 Å². The monoisotopic (exact) mass is 353 g/mol. The molecule has 1 nitrogen and oxygen atoms in total. The Balaban J connectivity index is 1.60. The Labute approximate surface area is 140 Å². The Bertz CT molecular complexity index is 746. The zero-order chi connectivity index (χ0) is 15.1. The molecule has 0 saturated carbocycles. The highest BCUT2D eigenvalue weighted by molar-refractivity contribution is 9.10. The molecular weight excluding hydrogens is 334 g/mol. The molecule has 0 atom stereocenters. The van der Waals surface area contributed by atoms with E-state index in [4.69, 9.17) is 0 Å². The standard InChI is InChI=1S/C20H20BrN/c1-14-9-17(21)11-19-18(14)10-16-7-8-22(13-20(16)19)12-15-5-3-2-4-6-15/h2-6,9,11H,7-8,10,12-13H2,1H3. The Hall–Kier alpha value is -1.38. The van der Waals surface area contributed by atoms with E-state index in [1.54, 1.807) is 16.7 Å². The van der Waals surface area contributed by atoms with E-state index in [9.17, 15) is 0 Å². The molecule has 0 fully saturated rings. The smallest absolute Gasteiger partial charge is 0.0243 e. The van der Waals surface area contributed by atoms with Crippen molar-refractivity contribution in [2.75, 3.05) is 13.1 Å². The predicted octanol–water partition coefficient (Wildman–Crippen LogP) is 4.97. The minimum Gasteiger partial charge on any atom is -0.294 e. The molecule has 1 aliphatic carbocycles. The molecule has 2 aromatic carbocycles. The number of hydrogen-bond donors (Lipinski definition) is 0. The van der Waals surface area contributed by atoms with Crippen LogP contribution in [-0.2, 0) is 13.0 Å². The first-order chi connectivity index (χ1) is 10.7. The number of fused-ring (bicyclic) bond motifs is 2. The lowest BCUT2D eigenvalue weighted by atomic mass is 9.99. The first-order valence-corrected chi connectivity index (χ1v) is 8.76. The lowest BCUT2D eigenvalue weighted by Crippen LogP contribution is -2.30. The predicted molar refractivity (Wildman–Crippen MR) is 95.8 cm³/mol. The second kappa shape index (κ2) is 5.68. The van der Waals surface area contributed by atoms with E-state index in [1.807, 2.05) is 0 Å². The van der Waals surface area contributed by atoms with E-state index >= 15 is 0 Å². The molecule has 2 heteroatoms. The first-order valence-electron chi connectivity index (χ1n) is 7.97. The van der Waals surface area contributed by atoms with Crippen LogP contribution < -0.4 is 0 Å². The summed E-state index contributed by atoms with van der Waals surface area (Å²) in [4.78, 5) is 2.58. The van der Waals surface area contributed by atoms with Gasteiger partial charge in [-0.25, -0.2) is 0 Å². The summed E-state index contributed by atoms with van der Waals surface area (Å²) in [7, 11) is 0. The van der Waals surface area contributed by atoms with Gasteiger partial charge in [-0.1, -0.05) is 51.8 Å². The summed E-state index contributed by atoms with van der Waals surface area (Å²) in [6.07, 6.45) is 2.39. The van der Waals surface area contributed by atoms with E-state index < -0.39 is 0 Å². The van der Waals surface area contributed by atoms with Gasteiger partial charge in [0.2, 0.25) is 0 Å². The minimum atomic E-state index is 1.06. The largest absolute Gasteiger partial charge is 0.294 e. The Morgan fingerprint density at radius 1 is 1.14 bits per heavy atom. The van der Waals surface area contributed by atoms with Crippen LogP contribution >= 0.6 is 15.9 Å². The van der Waals surface area contributed by atoms with Crippen LogP contribution in [0.5, 0.6) is 0 Å². The fourth-order valence-electron chi connectivity index (χ4n) is 3.80. The van der Waals surface area contributed by atoms with Crippen LogP contribution in [0.4, 0.5) is 0 Å². The van der Waals surface area contributed by atoms with Crippen LogP contribution in [0.2, 0.25) is 0 Å². The third kappa shape index (κ3) is 2.55. The molecule has 1 aliphatic heterocycles. The van der Waals surface area contributed by atoms with Gasteiger partial charge in [0.1, 0.15) is 0 Å². The van der Waals surface area contributed by atoms with Gasteiger partial charge in [-0.05, 0) is 59.7 Å². The van der Waals surface area contributed by atoms with Gasteiger partial charge in [-0.15, -0.1) is 0 Å². The summed E-state index contributed by atoms with van der Waals surface area (Å²) < 4.78 is 1.21. The van der Waals surface area contributed by atoms with Crippen molar-refractivity contribution in [2.45, 2.75) is 26.3 Å². The summed E-state index contributed by atoms with van der Waals surface area (Å²) >= 11 is 3.66. The molecule has 112 valence electrons. The van der Waals surface area contributed by atoms with E-state index in [1.165, 1.54) is 40.5 Å². The van der Waals surface area contributed by atoms with Crippen molar-refractivity contribution in [1.29, 1.82) is 0 Å². The maximum atomic E-state index is 3.66. The van der Waals surface area contributed by atoms with Gasteiger partial charge in [-0.3, -0.25) is 4.90 Å². The highest BCUT2D eigenvalue weighted by Gasteiger charge is 2.28. The SMILES string of the molecule is Cc1cc(Br)cc2c1CC1=C2CN(Cc2ccccc2)CC1. The minimum absolute atomic E-state index is 1.06. The van der Waals surface area contributed by atoms with E-state index in [0.717, 1.165) is 13.1 Å². The third-order valence-corrected chi connectivity index (χ3v) is 5.40. The number of rotatable bonds is 2. The summed E-state index contributed by atoms with van der Waals surface area (Å²) in [5.74, 6) is 0. The number of aryl methyl sites for hydroxylation is 1. The van der Waals surface area contributed by atoms with Gasteiger partial charge in [0.15, 0.2) is 0 Å². The molecule has 0 bridgehead atoms. The fourth-order valence-corrected chi connectivity index (χ4v) is 4.37. The van der Waals surface area contributed by atoms with Crippen molar-refractivity contribution >= 4 is 21.5 Å². The second-order valence-corrected chi connectivity index (χ2v) is 7.37. The van der Waals surface area contributed by atoms with Gasteiger partial charge in [0, 0.05) is 24.1 Å². The highest BCUT2D eigenvalue weighted by Crippen LogP contribution is 2.40. The molecule has 0 N–H and O–H groups in total. The maximum Gasteiger partial charge on any atom is 0.0243 e. The molecule has 1 heterocycles. The van der Waals surface area contributed by atoms with Crippen molar-refractivity contribution in [3.05, 3.63) is 74.8 Å². The second-order valence-electron chi connectivity index (χ2n) is 6.45. The van der Waals surface area contributed by atoms with Crippen molar-refractivity contribution in [1.82, 2.24) is 4.90 Å². The number of halogens is 1. The van der Waals surface area contributed by atoms with Crippen LogP contribution in [0.25, 0.3) is 5.57 Å². The number of benzene rings is 2. The molecule has 0 unspecified atom stereocenters. The average molecular weight is 354 g/mol. The van der Waals surface area contributed by atoms with E-state index in [0.29, 0.717) is 0 Å². The Kier molecular flexibility index (Phi) is 3.67. The van der Waals surface area contributed by atoms with Crippen LogP contribution in [0.1, 0.15) is 28.7 Å². The number of nitrogens with zero attached hydrogens (tertiary/aromatic N) is 1. The van der Waals surface area contributed by atoms with Crippen molar-refractivity contribution in [3.63, 3.8) is 0 Å². The van der Waals surface area contributed by atoms with Crippen molar-refractivity contribution in [2.24, 2.45) is 0 Å². The van der Waals surface area contributed by atoms with E-state index in [2.05, 4.69) is 70.2 Å². The lowest BCUT2D eigenvalue weighted by Gasteiger charge is -2.28. The topological polar surface area (TPSA) is 3.24 Å². The molecule has 0 radical (unpaired) electrons. The van der Waals surface area contributed by atoms with Gasteiger partial charge in [0.05, 0.1) is 0 Å². The summed E-state index contributed by atoms with van der Waals surface area (Å²) in [6.45, 7) is 5.57. The van der Waals surface area contributed by atoms with Gasteiger partial charge < -0.3 is 0 Å². The maximum absolute atomic E-state index is 3.66. The van der Waals surface area contributed by atoms with Crippen molar-refractivity contribution < 1.29 is 0 Å². The quantitative estimate of drug-likeness (QED) is 0.736. The summed E-state index contributed by atoms with van der Waals surface area (Å²) in [6, 6.07) is 15.4. The average Bonchev–Trinajstić information content (AvgIpc) is 2.87. The van der Waals surface area contributed by atoms with Gasteiger partial charge in [0.25, 0.3) is 0 Å². The molecule has 22 heavy (non-hydrogen) atoms. The van der Waals surface area contributed by atoms with Gasteiger partial charge in [-0.2, -0.15) is 0 Å². The Morgan fingerprint density at radius 3 is 2.77 bits per heavy atom. The molecule has 0 aromatic heterocycles.